The van der Waals surface area contributed by atoms with Gasteiger partial charge in [-0.3, -0.25) is 9.59 Å². The first-order chi connectivity index (χ1) is 8.81. The molecule has 1 atom stereocenters. The van der Waals surface area contributed by atoms with Crippen molar-refractivity contribution in [2.75, 3.05) is 0 Å². The monoisotopic (exact) mass is 346 g/mol. The van der Waals surface area contributed by atoms with Crippen LogP contribution in [0, 0.1) is 0 Å². The highest BCUT2D eigenvalue weighted by molar-refractivity contribution is 9.10. The smallest absolute Gasteiger partial charge is 0.251 e. The third kappa shape index (κ3) is 4.84. The first-order valence-electron chi connectivity index (χ1n) is 5.87. The molecular weight excluding hydrogens is 332 g/mol. The number of amides is 2. The van der Waals surface area contributed by atoms with E-state index >= 15 is 0 Å². The van der Waals surface area contributed by atoms with E-state index < -0.39 is 6.04 Å². The summed E-state index contributed by atoms with van der Waals surface area (Å²) in [6, 6.07) is 4.31. The molecule has 0 aliphatic rings. The molecule has 1 aromatic carbocycles. The van der Waals surface area contributed by atoms with Crippen LogP contribution >= 0.6 is 27.5 Å². The van der Waals surface area contributed by atoms with Crippen LogP contribution in [-0.4, -0.2) is 23.9 Å². The summed E-state index contributed by atoms with van der Waals surface area (Å²) in [5, 5.41) is 5.81. The molecule has 104 valence electrons. The van der Waals surface area contributed by atoms with E-state index in [-0.39, 0.29) is 17.9 Å². The standard InChI is InChI=1S/C13H16BrClN2O2/c1-7(2)16-12(18)8(3)17-13(19)9-4-5-10(14)11(15)6-9/h4-8H,1-3H3,(H,16,18)(H,17,19). The van der Waals surface area contributed by atoms with Crippen molar-refractivity contribution in [3.8, 4) is 0 Å². The van der Waals surface area contributed by atoms with Gasteiger partial charge in [0.05, 0.1) is 5.02 Å². The highest BCUT2D eigenvalue weighted by Crippen LogP contribution is 2.23. The molecule has 0 aliphatic heterocycles. The zero-order chi connectivity index (χ0) is 14.6. The molecule has 0 saturated carbocycles. The number of benzene rings is 1. The fourth-order valence-corrected chi connectivity index (χ4v) is 1.82. The van der Waals surface area contributed by atoms with E-state index in [1.807, 2.05) is 13.8 Å². The second-order valence-corrected chi connectivity index (χ2v) is 5.75. The summed E-state index contributed by atoms with van der Waals surface area (Å²) < 4.78 is 0.719. The fraction of sp³-hybridized carbons (Fsp3) is 0.385. The predicted molar refractivity (Wildman–Crippen MR) is 79.4 cm³/mol. The molecule has 2 N–H and O–H groups in total. The van der Waals surface area contributed by atoms with E-state index in [9.17, 15) is 9.59 Å². The highest BCUT2D eigenvalue weighted by atomic mass is 79.9. The van der Waals surface area contributed by atoms with E-state index in [1.165, 1.54) is 0 Å². The summed E-state index contributed by atoms with van der Waals surface area (Å²) in [4.78, 5) is 23.6. The van der Waals surface area contributed by atoms with Crippen LogP contribution in [0.4, 0.5) is 0 Å². The second-order valence-electron chi connectivity index (χ2n) is 4.49. The Kier molecular flexibility index (Phi) is 5.82. The summed E-state index contributed by atoms with van der Waals surface area (Å²) in [6.45, 7) is 5.36. The maximum absolute atomic E-state index is 11.9. The number of halogens is 2. The predicted octanol–water partition coefficient (Wildman–Crippen LogP) is 2.75. The Hall–Kier alpha value is -1.07. The van der Waals surface area contributed by atoms with Gasteiger partial charge in [0.25, 0.3) is 5.91 Å². The molecule has 1 rings (SSSR count). The third-order valence-electron chi connectivity index (χ3n) is 2.35. The zero-order valence-electron chi connectivity index (χ0n) is 11.0. The van der Waals surface area contributed by atoms with Crippen LogP contribution in [0.5, 0.6) is 0 Å². The van der Waals surface area contributed by atoms with Crippen LogP contribution in [0.2, 0.25) is 5.02 Å². The van der Waals surface area contributed by atoms with Crippen molar-refractivity contribution in [2.45, 2.75) is 32.9 Å². The number of carbonyl (C=O) groups is 2. The van der Waals surface area contributed by atoms with Gasteiger partial charge < -0.3 is 10.6 Å². The van der Waals surface area contributed by atoms with Crippen molar-refractivity contribution < 1.29 is 9.59 Å². The van der Waals surface area contributed by atoms with E-state index in [1.54, 1.807) is 25.1 Å². The summed E-state index contributed by atoms with van der Waals surface area (Å²) in [5.41, 5.74) is 0.414. The first kappa shape index (κ1) is 16.0. The summed E-state index contributed by atoms with van der Waals surface area (Å²) in [6.07, 6.45) is 0. The van der Waals surface area contributed by atoms with Gasteiger partial charge in [-0.05, 0) is 54.9 Å². The average Bonchev–Trinajstić information content (AvgIpc) is 2.31. The van der Waals surface area contributed by atoms with Crippen LogP contribution in [0.1, 0.15) is 31.1 Å². The van der Waals surface area contributed by atoms with Crippen molar-refractivity contribution in [1.29, 1.82) is 0 Å². The quantitative estimate of drug-likeness (QED) is 0.880. The van der Waals surface area contributed by atoms with Gasteiger partial charge in [-0.15, -0.1) is 0 Å². The van der Waals surface area contributed by atoms with Gasteiger partial charge in [-0.2, -0.15) is 0 Å². The summed E-state index contributed by atoms with van der Waals surface area (Å²) in [7, 11) is 0. The van der Waals surface area contributed by atoms with Crippen LogP contribution in [0.3, 0.4) is 0 Å². The molecule has 0 spiro atoms. The maximum atomic E-state index is 11.9. The molecule has 4 nitrogen and oxygen atoms in total. The first-order valence-corrected chi connectivity index (χ1v) is 7.04. The van der Waals surface area contributed by atoms with E-state index in [0.29, 0.717) is 10.6 Å². The minimum absolute atomic E-state index is 0.0361. The zero-order valence-corrected chi connectivity index (χ0v) is 13.3. The van der Waals surface area contributed by atoms with Crippen LogP contribution < -0.4 is 10.6 Å². The van der Waals surface area contributed by atoms with Gasteiger partial charge in [0, 0.05) is 16.1 Å². The second kappa shape index (κ2) is 6.91. The van der Waals surface area contributed by atoms with E-state index in [4.69, 9.17) is 11.6 Å². The van der Waals surface area contributed by atoms with Crippen LogP contribution in [-0.2, 0) is 4.79 Å². The molecule has 0 saturated heterocycles. The van der Waals surface area contributed by atoms with Crippen molar-refractivity contribution in [3.63, 3.8) is 0 Å². The van der Waals surface area contributed by atoms with E-state index in [2.05, 4.69) is 26.6 Å². The van der Waals surface area contributed by atoms with E-state index in [0.717, 1.165) is 4.47 Å². The molecule has 0 aromatic heterocycles. The summed E-state index contributed by atoms with van der Waals surface area (Å²) in [5.74, 6) is -0.549. The molecule has 6 heteroatoms. The molecule has 0 aliphatic carbocycles. The number of nitrogens with one attached hydrogen (secondary N) is 2. The Bertz CT molecular complexity index is 492. The third-order valence-corrected chi connectivity index (χ3v) is 3.59. The summed E-state index contributed by atoms with van der Waals surface area (Å²) >= 11 is 9.17. The van der Waals surface area contributed by atoms with Gasteiger partial charge in [0.15, 0.2) is 0 Å². The number of carbonyl (C=O) groups excluding carboxylic acids is 2. The lowest BCUT2D eigenvalue weighted by Gasteiger charge is -2.16. The van der Waals surface area contributed by atoms with Crippen molar-refractivity contribution in [2.24, 2.45) is 0 Å². The molecule has 0 radical (unpaired) electrons. The fourth-order valence-electron chi connectivity index (χ4n) is 1.39. The number of hydrogen-bond acceptors (Lipinski definition) is 2. The molecule has 1 aromatic rings. The van der Waals surface area contributed by atoms with Crippen molar-refractivity contribution in [1.82, 2.24) is 10.6 Å². The van der Waals surface area contributed by atoms with Gasteiger partial charge in [0.2, 0.25) is 5.91 Å². The number of hydrogen-bond donors (Lipinski definition) is 2. The maximum Gasteiger partial charge on any atom is 0.251 e. The molecular formula is C13H16BrClN2O2. The van der Waals surface area contributed by atoms with Gasteiger partial charge >= 0.3 is 0 Å². The topological polar surface area (TPSA) is 58.2 Å². The Morgan fingerprint density at radius 1 is 1.21 bits per heavy atom. The van der Waals surface area contributed by atoms with Gasteiger partial charge in [0.1, 0.15) is 6.04 Å². The van der Waals surface area contributed by atoms with Gasteiger partial charge in [-0.1, -0.05) is 11.6 Å². The number of rotatable bonds is 4. The molecule has 0 fully saturated rings. The molecule has 19 heavy (non-hydrogen) atoms. The van der Waals surface area contributed by atoms with Crippen LogP contribution in [0.15, 0.2) is 22.7 Å². The Morgan fingerprint density at radius 3 is 2.37 bits per heavy atom. The minimum Gasteiger partial charge on any atom is -0.352 e. The normalized spacial score (nSPS) is 12.1. The lowest BCUT2D eigenvalue weighted by atomic mass is 10.2. The molecule has 0 bridgehead atoms. The van der Waals surface area contributed by atoms with Crippen molar-refractivity contribution >= 4 is 39.3 Å². The van der Waals surface area contributed by atoms with Crippen molar-refractivity contribution in [3.05, 3.63) is 33.3 Å². The van der Waals surface area contributed by atoms with Gasteiger partial charge in [-0.25, -0.2) is 0 Å². The highest BCUT2D eigenvalue weighted by Gasteiger charge is 2.17. The lowest BCUT2D eigenvalue weighted by Crippen LogP contribution is -2.46. The minimum atomic E-state index is -0.600. The molecule has 2 amide bonds. The Labute approximate surface area is 126 Å². The van der Waals surface area contributed by atoms with Crippen LogP contribution in [0.25, 0.3) is 0 Å². The lowest BCUT2D eigenvalue weighted by molar-refractivity contribution is -0.123. The molecule has 0 heterocycles. The largest absolute Gasteiger partial charge is 0.352 e. The average molecular weight is 348 g/mol. The SMILES string of the molecule is CC(C)NC(=O)C(C)NC(=O)c1ccc(Br)c(Cl)c1. The molecule has 1 unspecified atom stereocenters. The Morgan fingerprint density at radius 2 is 1.84 bits per heavy atom. The Balaban J connectivity index is 2.68.